The Labute approximate surface area is 151 Å². The first-order valence-corrected chi connectivity index (χ1v) is 9.19. The van der Waals surface area contributed by atoms with Crippen LogP contribution in [-0.4, -0.2) is 56.8 Å². The number of allylic oxidation sites excluding steroid dienone is 2. The Kier molecular flexibility index (Phi) is 9.14. The van der Waals surface area contributed by atoms with Gasteiger partial charge in [0.2, 0.25) is 5.91 Å². The molecule has 144 valence electrons. The molecule has 0 spiro atoms. The quantitative estimate of drug-likeness (QED) is 0.468. The molecular formula is C19H35FN4O. The maximum atomic E-state index is 12.3. The van der Waals surface area contributed by atoms with Gasteiger partial charge in [0.1, 0.15) is 6.67 Å². The van der Waals surface area contributed by atoms with Crippen LogP contribution in [0.15, 0.2) is 24.4 Å². The number of carbonyl (C=O) groups excluding carboxylic acids is 1. The van der Waals surface area contributed by atoms with Crippen molar-refractivity contribution in [3.63, 3.8) is 0 Å². The van der Waals surface area contributed by atoms with Crippen molar-refractivity contribution in [3.8, 4) is 0 Å². The number of rotatable bonds is 12. The number of halogens is 1. The fraction of sp³-hybridized carbons (Fsp3) is 0.737. The van der Waals surface area contributed by atoms with Crippen LogP contribution in [0.3, 0.4) is 0 Å². The van der Waals surface area contributed by atoms with Gasteiger partial charge in [0.05, 0.1) is 6.04 Å². The van der Waals surface area contributed by atoms with Gasteiger partial charge in [0.15, 0.2) is 0 Å². The molecule has 6 heteroatoms. The van der Waals surface area contributed by atoms with E-state index in [1.807, 2.05) is 20.9 Å². The molecule has 0 aromatic heterocycles. The lowest BCUT2D eigenvalue weighted by Gasteiger charge is -2.31. The molecule has 5 nitrogen and oxygen atoms in total. The molecule has 1 aliphatic heterocycles. The first kappa shape index (κ1) is 21.6. The summed E-state index contributed by atoms with van der Waals surface area (Å²) in [6.45, 7) is 11.1. The Morgan fingerprint density at radius 2 is 2.08 bits per heavy atom. The van der Waals surface area contributed by atoms with E-state index in [2.05, 4.69) is 22.1 Å². The SMILES string of the molecule is C=C(/C=C/CF)N1CCC(CCNC)(CCNC(C(N)=O)C(C)C)C1. The number of hydrogen-bond donors (Lipinski definition) is 3. The summed E-state index contributed by atoms with van der Waals surface area (Å²) in [5.41, 5.74) is 6.52. The molecule has 2 unspecified atom stereocenters. The average Bonchev–Trinajstić information content (AvgIpc) is 2.99. The predicted octanol–water partition coefficient (Wildman–Crippen LogP) is 1.82. The fourth-order valence-corrected chi connectivity index (χ4v) is 3.55. The monoisotopic (exact) mass is 354 g/mol. The molecule has 1 heterocycles. The zero-order chi connectivity index (χ0) is 18.9. The van der Waals surface area contributed by atoms with E-state index in [0.717, 1.165) is 51.1 Å². The number of nitrogens with two attached hydrogens (primary N) is 1. The van der Waals surface area contributed by atoms with Gasteiger partial charge in [-0.2, -0.15) is 0 Å². The summed E-state index contributed by atoms with van der Waals surface area (Å²) in [7, 11) is 1.96. The lowest BCUT2D eigenvalue weighted by Crippen LogP contribution is -2.46. The molecule has 0 saturated carbocycles. The third-order valence-corrected chi connectivity index (χ3v) is 5.14. The maximum absolute atomic E-state index is 12.3. The van der Waals surface area contributed by atoms with E-state index < -0.39 is 6.67 Å². The highest BCUT2D eigenvalue weighted by molar-refractivity contribution is 5.80. The number of carbonyl (C=O) groups is 1. The van der Waals surface area contributed by atoms with Crippen LogP contribution in [0.4, 0.5) is 4.39 Å². The Morgan fingerprint density at radius 3 is 2.64 bits per heavy atom. The third kappa shape index (κ3) is 6.78. The van der Waals surface area contributed by atoms with Crippen molar-refractivity contribution in [2.75, 3.05) is 39.9 Å². The maximum Gasteiger partial charge on any atom is 0.234 e. The molecule has 0 aromatic carbocycles. The molecular weight excluding hydrogens is 319 g/mol. The summed E-state index contributed by atoms with van der Waals surface area (Å²) in [5.74, 6) is -0.117. The second-order valence-corrected chi connectivity index (χ2v) is 7.40. The minimum Gasteiger partial charge on any atom is -0.371 e. The number of nitrogens with one attached hydrogen (secondary N) is 2. The zero-order valence-corrected chi connectivity index (χ0v) is 16.0. The van der Waals surface area contributed by atoms with Crippen LogP contribution in [0.1, 0.15) is 33.1 Å². The van der Waals surface area contributed by atoms with E-state index in [0.29, 0.717) is 0 Å². The number of hydrogen-bond acceptors (Lipinski definition) is 4. The first-order chi connectivity index (χ1) is 11.8. The summed E-state index contributed by atoms with van der Waals surface area (Å²) < 4.78 is 12.3. The lowest BCUT2D eigenvalue weighted by molar-refractivity contribution is -0.121. The van der Waals surface area contributed by atoms with Crippen LogP contribution in [0.25, 0.3) is 0 Å². The molecule has 0 aromatic rings. The Morgan fingerprint density at radius 1 is 1.40 bits per heavy atom. The molecule has 1 aliphatic rings. The zero-order valence-electron chi connectivity index (χ0n) is 16.0. The van der Waals surface area contributed by atoms with Gasteiger partial charge in [-0.1, -0.05) is 26.5 Å². The minimum atomic E-state index is -0.467. The van der Waals surface area contributed by atoms with Gasteiger partial charge in [-0.05, 0) is 56.8 Å². The summed E-state index contributed by atoms with van der Waals surface area (Å²) in [4.78, 5) is 13.8. The van der Waals surface area contributed by atoms with Crippen molar-refractivity contribution < 1.29 is 9.18 Å². The van der Waals surface area contributed by atoms with Crippen molar-refractivity contribution >= 4 is 5.91 Å². The molecule has 0 radical (unpaired) electrons. The third-order valence-electron chi connectivity index (χ3n) is 5.14. The average molecular weight is 355 g/mol. The van der Waals surface area contributed by atoms with Crippen molar-refractivity contribution in [3.05, 3.63) is 24.4 Å². The van der Waals surface area contributed by atoms with Gasteiger partial charge in [-0.3, -0.25) is 4.79 Å². The van der Waals surface area contributed by atoms with Crippen LogP contribution in [0.5, 0.6) is 0 Å². The highest BCUT2D eigenvalue weighted by Gasteiger charge is 2.37. The summed E-state index contributed by atoms with van der Waals surface area (Å²) in [6, 6.07) is -0.290. The van der Waals surface area contributed by atoms with Crippen molar-refractivity contribution in [1.82, 2.24) is 15.5 Å². The van der Waals surface area contributed by atoms with Gasteiger partial charge < -0.3 is 21.3 Å². The molecule has 4 N–H and O–H groups in total. The fourth-order valence-electron chi connectivity index (χ4n) is 3.55. The lowest BCUT2D eigenvalue weighted by atomic mass is 9.80. The topological polar surface area (TPSA) is 70.4 Å². The van der Waals surface area contributed by atoms with Crippen LogP contribution < -0.4 is 16.4 Å². The van der Waals surface area contributed by atoms with E-state index in [1.54, 1.807) is 6.08 Å². The summed E-state index contributed by atoms with van der Waals surface area (Å²) in [5, 5.41) is 6.56. The first-order valence-electron chi connectivity index (χ1n) is 9.19. The molecule has 1 fully saturated rings. The molecule has 1 rings (SSSR count). The second-order valence-electron chi connectivity index (χ2n) is 7.40. The van der Waals surface area contributed by atoms with E-state index in [9.17, 15) is 9.18 Å². The largest absolute Gasteiger partial charge is 0.371 e. The highest BCUT2D eigenvalue weighted by atomic mass is 19.1. The van der Waals surface area contributed by atoms with E-state index in [4.69, 9.17) is 5.73 Å². The Balaban J connectivity index is 2.66. The molecule has 0 aliphatic carbocycles. The van der Waals surface area contributed by atoms with E-state index in [1.165, 1.54) is 6.08 Å². The number of likely N-dealkylation sites (tertiary alicyclic amines) is 1. The predicted molar refractivity (Wildman–Crippen MR) is 102 cm³/mol. The number of nitrogens with zero attached hydrogens (tertiary/aromatic N) is 1. The minimum absolute atomic E-state index is 0.168. The number of amides is 1. The molecule has 0 bridgehead atoms. The molecule has 2 atom stereocenters. The van der Waals surface area contributed by atoms with E-state index in [-0.39, 0.29) is 23.3 Å². The van der Waals surface area contributed by atoms with Gasteiger partial charge in [-0.15, -0.1) is 0 Å². The van der Waals surface area contributed by atoms with Crippen LogP contribution in [0, 0.1) is 11.3 Å². The highest BCUT2D eigenvalue weighted by Crippen LogP contribution is 2.38. The smallest absolute Gasteiger partial charge is 0.234 e. The second kappa shape index (κ2) is 10.6. The van der Waals surface area contributed by atoms with Gasteiger partial charge >= 0.3 is 0 Å². The van der Waals surface area contributed by atoms with Crippen molar-refractivity contribution in [2.45, 2.75) is 39.2 Å². The number of alkyl halides is 1. The van der Waals surface area contributed by atoms with Gasteiger partial charge in [0.25, 0.3) is 0 Å². The molecule has 1 saturated heterocycles. The molecule has 1 amide bonds. The normalized spacial score (nSPS) is 22.0. The summed E-state index contributed by atoms with van der Waals surface area (Å²) in [6.07, 6.45) is 6.36. The van der Waals surface area contributed by atoms with Crippen molar-refractivity contribution in [1.29, 1.82) is 0 Å². The van der Waals surface area contributed by atoms with E-state index >= 15 is 0 Å². The van der Waals surface area contributed by atoms with Crippen LogP contribution in [0.2, 0.25) is 0 Å². The Hall–Kier alpha value is -1.40. The molecule has 25 heavy (non-hydrogen) atoms. The van der Waals surface area contributed by atoms with Crippen LogP contribution in [-0.2, 0) is 4.79 Å². The standard InChI is InChI=1S/C19H35FN4O/c1-15(2)17(18(21)25)23-12-8-19(7-11-22-4)9-13-24(14-19)16(3)6-5-10-20/h5-6,15,17,22-23H,3,7-14H2,1-2,4H3,(H2,21,25)/b6-5+. The van der Waals surface area contributed by atoms with Crippen molar-refractivity contribution in [2.24, 2.45) is 17.1 Å². The number of primary amides is 1. The Bertz CT molecular complexity index is 466. The van der Waals surface area contributed by atoms with Gasteiger partial charge in [-0.25, -0.2) is 4.39 Å². The van der Waals surface area contributed by atoms with Crippen LogP contribution >= 0.6 is 0 Å². The van der Waals surface area contributed by atoms with Gasteiger partial charge in [0, 0.05) is 18.8 Å². The summed E-state index contributed by atoms with van der Waals surface area (Å²) >= 11 is 0.